The van der Waals surface area contributed by atoms with Crippen molar-refractivity contribution in [3.63, 3.8) is 0 Å². The fraction of sp³-hybridized carbons (Fsp3) is 0.500. The molecule has 0 atom stereocenters. The first-order valence-corrected chi connectivity index (χ1v) is 6.13. The van der Waals surface area contributed by atoms with Crippen LogP contribution in [0.1, 0.15) is 37.0 Å². The topological polar surface area (TPSA) is 96.6 Å². The molecule has 7 heteroatoms. The van der Waals surface area contributed by atoms with Crippen LogP contribution >= 0.6 is 0 Å². The number of nitrogens with zero attached hydrogens (tertiary/aromatic N) is 3. The molecule has 0 saturated heterocycles. The van der Waals surface area contributed by atoms with Crippen molar-refractivity contribution in [1.29, 1.82) is 0 Å². The fourth-order valence-corrected chi connectivity index (χ4v) is 1.80. The molecule has 0 radical (unpaired) electrons. The lowest BCUT2D eigenvalue weighted by molar-refractivity contribution is -0.384. The van der Waals surface area contributed by atoms with Gasteiger partial charge >= 0.3 is 11.7 Å². The third-order valence-electron chi connectivity index (χ3n) is 2.58. The molecule has 0 unspecified atom stereocenters. The summed E-state index contributed by atoms with van der Waals surface area (Å²) >= 11 is 0. The SMILES string of the molecule is CCCN(CCC)c1ncc(C(=O)O)cc1[N+](=O)[O-]. The standard InChI is InChI=1S/C12H17N3O4/c1-3-5-14(6-4-2)11-10(15(18)19)7-9(8-13-11)12(16)17/h7-8H,3-6H2,1-2H3,(H,16,17). The molecule has 0 saturated carbocycles. The molecule has 19 heavy (non-hydrogen) atoms. The second-order valence-electron chi connectivity index (χ2n) is 4.12. The number of hydrogen-bond donors (Lipinski definition) is 1. The van der Waals surface area contributed by atoms with Gasteiger partial charge in [-0.2, -0.15) is 0 Å². The minimum atomic E-state index is -1.22. The maximum Gasteiger partial charge on any atom is 0.337 e. The minimum Gasteiger partial charge on any atom is -0.478 e. The molecule has 1 N–H and O–H groups in total. The Hall–Kier alpha value is -2.18. The van der Waals surface area contributed by atoms with E-state index >= 15 is 0 Å². The number of carbonyl (C=O) groups is 1. The number of carboxylic acids is 1. The Morgan fingerprint density at radius 2 is 2.00 bits per heavy atom. The average Bonchev–Trinajstić information content (AvgIpc) is 2.37. The van der Waals surface area contributed by atoms with E-state index in [9.17, 15) is 14.9 Å². The van der Waals surface area contributed by atoms with Gasteiger partial charge in [-0.15, -0.1) is 0 Å². The van der Waals surface area contributed by atoms with Crippen molar-refractivity contribution >= 4 is 17.5 Å². The zero-order valence-electron chi connectivity index (χ0n) is 11.0. The van der Waals surface area contributed by atoms with Crippen molar-refractivity contribution in [2.24, 2.45) is 0 Å². The zero-order valence-corrected chi connectivity index (χ0v) is 11.0. The van der Waals surface area contributed by atoms with Crippen molar-refractivity contribution in [3.8, 4) is 0 Å². The summed E-state index contributed by atoms with van der Waals surface area (Å²) in [6, 6.07) is 1.06. The highest BCUT2D eigenvalue weighted by molar-refractivity contribution is 5.88. The smallest absolute Gasteiger partial charge is 0.337 e. The van der Waals surface area contributed by atoms with Gasteiger partial charge in [0.1, 0.15) is 0 Å². The molecule has 0 fully saturated rings. The normalized spacial score (nSPS) is 10.2. The van der Waals surface area contributed by atoms with Crippen molar-refractivity contribution < 1.29 is 14.8 Å². The van der Waals surface area contributed by atoms with E-state index in [0.717, 1.165) is 25.1 Å². The zero-order chi connectivity index (χ0) is 14.4. The van der Waals surface area contributed by atoms with E-state index in [0.29, 0.717) is 13.1 Å². The van der Waals surface area contributed by atoms with Gasteiger partial charge in [-0.25, -0.2) is 9.78 Å². The summed E-state index contributed by atoms with van der Waals surface area (Å²) in [5.41, 5.74) is -0.440. The predicted molar refractivity (Wildman–Crippen MR) is 70.6 cm³/mol. The van der Waals surface area contributed by atoms with Gasteiger partial charge in [-0.05, 0) is 12.8 Å². The van der Waals surface area contributed by atoms with E-state index in [1.165, 1.54) is 0 Å². The third kappa shape index (κ3) is 3.64. The second-order valence-corrected chi connectivity index (χ2v) is 4.12. The average molecular weight is 267 g/mol. The number of rotatable bonds is 7. The van der Waals surface area contributed by atoms with E-state index < -0.39 is 10.9 Å². The molecule has 1 rings (SSSR count). The summed E-state index contributed by atoms with van der Waals surface area (Å²) in [6.07, 6.45) is 2.82. The van der Waals surface area contributed by atoms with Crippen LogP contribution in [0.3, 0.4) is 0 Å². The summed E-state index contributed by atoms with van der Waals surface area (Å²) in [6.45, 7) is 5.24. The van der Waals surface area contributed by atoms with Crippen molar-refractivity contribution in [1.82, 2.24) is 4.98 Å². The van der Waals surface area contributed by atoms with Crippen LogP contribution in [-0.4, -0.2) is 34.1 Å². The first-order chi connectivity index (χ1) is 9.01. The third-order valence-corrected chi connectivity index (χ3v) is 2.58. The van der Waals surface area contributed by atoms with E-state index in [2.05, 4.69) is 4.98 Å². The molecule has 0 aliphatic carbocycles. The molecular formula is C12H17N3O4. The second kappa shape index (κ2) is 6.67. The highest BCUT2D eigenvalue weighted by atomic mass is 16.6. The van der Waals surface area contributed by atoms with Crippen LogP contribution in [-0.2, 0) is 0 Å². The monoisotopic (exact) mass is 267 g/mol. The molecule has 0 aliphatic heterocycles. The number of carboxylic acid groups (broad SMARTS) is 1. The van der Waals surface area contributed by atoms with Crippen molar-refractivity contribution in [2.45, 2.75) is 26.7 Å². The van der Waals surface area contributed by atoms with E-state index in [1.807, 2.05) is 18.7 Å². The van der Waals surface area contributed by atoms with Gasteiger partial charge in [0.2, 0.25) is 5.82 Å². The van der Waals surface area contributed by atoms with Crippen LogP contribution in [0.15, 0.2) is 12.3 Å². The van der Waals surface area contributed by atoms with Crippen LogP contribution in [0.4, 0.5) is 11.5 Å². The number of aromatic carboxylic acids is 1. The Kier molecular flexibility index (Phi) is 5.23. The quantitative estimate of drug-likeness (QED) is 0.601. The maximum atomic E-state index is 11.1. The first-order valence-electron chi connectivity index (χ1n) is 6.13. The lowest BCUT2D eigenvalue weighted by Crippen LogP contribution is -2.26. The molecule has 104 valence electrons. The van der Waals surface area contributed by atoms with Crippen molar-refractivity contribution in [3.05, 3.63) is 27.9 Å². The molecule has 0 bridgehead atoms. The van der Waals surface area contributed by atoms with E-state index in [-0.39, 0.29) is 17.1 Å². The number of hydrogen-bond acceptors (Lipinski definition) is 5. The summed E-state index contributed by atoms with van der Waals surface area (Å²) in [5.74, 6) is -0.988. The Morgan fingerprint density at radius 3 is 2.42 bits per heavy atom. The van der Waals surface area contributed by atoms with E-state index in [4.69, 9.17) is 5.11 Å². The molecule has 1 aromatic heterocycles. The molecule has 1 heterocycles. The molecule has 0 aromatic carbocycles. The maximum absolute atomic E-state index is 11.1. The van der Waals surface area contributed by atoms with Gasteiger partial charge in [0, 0.05) is 25.4 Å². The van der Waals surface area contributed by atoms with Crippen LogP contribution in [0.2, 0.25) is 0 Å². The summed E-state index contributed by atoms with van der Waals surface area (Å²) in [4.78, 5) is 27.1. The number of anilines is 1. The van der Waals surface area contributed by atoms with Gasteiger partial charge < -0.3 is 10.0 Å². The predicted octanol–water partition coefficient (Wildman–Crippen LogP) is 2.31. The fourth-order valence-electron chi connectivity index (χ4n) is 1.80. The van der Waals surface area contributed by atoms with Gasteiger partial charge in [0.25, 0.3) is 0 Å². The highest BCUT2D eigenvalue weighted by Crippen LogP contribution is 2.27. The van der Waals surface area contributed by atoms with E-state index in [1.54, 1.807) is 0 Å². The number of pyridine rings is 1. The van der Waals surface area contributed by atoms with Crippen LogP contribution in [0, 0.1) is 10.1 Å². The summed E-state index contributed by atoms with van der Waals surface area (Å²) < 4.78 is 0. The molecular weight excluding hydrogens is 250 g/mol. The molecule has 7 nitrogen and oxygen atoms in total. The van der Waals surface area contributed by atoms with Crippen molar-refractivity contribution in [2.75, 3.05) is 18.0 Å². The molecule has 0 spiro atoms. The molecule has 0 aliphatic rings. The Balaban J connectivity index is 3.24. The largest absolute Gasteiger partial charge is 0.478 e. The molecule has 1 aromatic rings. The lowest BCUT2D eigenvalue weighted by Gasteiger charge is -2.22. The van der Waals surface area contributed by atoms with Gasteiger partial charge in [-0.3, -0.25) is 10.1 Å². The highest BCUT2D eigenvalue weighted by Gasteiger charge is 2.22. The van der Waals surface area contributed by atoms with Gasteiger partial charge in [0.15, 0.2) is 0 Å². The summed E-state index contributed by atoms with van der Waals surface area (Å²) in [5, 5.41) is 19.9. The summed E-state index contributed by atoms with van der Waals surface area (Å²) in [7, 11) is 0. The number of aromatic nitrogens is 1. The van der Waals surface area contributed by atoms with Crippen LogP contribution < -0.4 is 4.90 Å². The Labute approximate surface area is 111 Å². The van der Waals surface area contributed by atoms with Gasteiger partial charge in [-0.1, -0.05) is 13.8 Å². The van der Waals surface area contributed by atoms with Crippen LogP contribution in [0.5, 0.6) is 0 Å². The first kappa shape index (κ1) is 14.9. The van der Waals surface area contributed by atoms with Gasteiger partial charge in [0.05, 0.1) is 10.5 Å². The van der Waals surface area contributed by atoms with Crippen LogP contribution in [0.25, 0.3) is 0 Å². The Morgan fingerprint density at radius 1 is 1.42 bits per heavy atom. The minimum absolute atomic E-state index is 0.177. The Bertz CT molecular complexity index is 470. The lowest BCUT2D eigenvalue weighted by atomic mass is 10.2. The number of nitro groups is 1. The molecule has 0 amide bonds.